The van der Waals surface area contributed by atoms with Crippen LogP contribution in [0.5, 0.6) is 0 Å². The van der Waals surface area contributed by atoms with Gasteiger partial charge in [0.05, 0.1) is 11.9 Å². The van der Waals surface area contributed by atoms with Crippen LogP contribution in [0.3, 0.4) is 0 Å². The summed E-state index contributed by atoms with van der Waals surface area (Å²) >= 11 is 0. The largest absolute Gasteiger partial charge is 0.387 e. The van der Waals surface area contributed by atoms with Gasteiger partial charge in [-0.2, -0.15) is 0 Å². The Kier molecular flexibility index (Phi) is 4.80. The van der Waals surface area contributed by atoms with E-state index in [1.807, 2.05) is 0 Å². The Morgan fingerprint density at radius 2 is 2.06 bits per heavy atom. The van der Waals surface area contributed by atoms with Gasteiger partial charge in [0.1, 0.15) is 0 Å². The lowest BCUT2D eigenvalue weighted by Crippen LogP contribution is -2.38. The zero-order chi connectivity index (χ0) is 12.1. The SMILES string of the molecule is N=C(N)C1CCN(CCCC2CCCO2)CC1. The van der Waals surface area contributed by atoms with Gasteiger partial charge in [-0.15, -0.1) is 0 Å². The van der Waals surface area contributed by atoms with Crippen LogP contribution in [0.2, 0.25) is 0 Å². The van der Waals surface area contributed by atoms with Crippen LogP contribution in [0, 0.1) is 11.3 Å². The molecule has 0 aliphatic carbocycles. The summed E-state index contributed by atoms with van der Waals surface area (Å²) in [6.45, 7) is 4.37. The molecule has 3 N–H and O–H groups in total. The lowest BCUT2D eigenvalue weighted by molar-refractivity contribution is 0.0970. The van der Waals surface area contributed by atoms with Gasteiger partial charge < -0.3 is 15.4 Å². The molecule has 0 aromatic carbocycles. The van der Waals surface area contributed by atoms with Gasteiger partial charge in [0.25, 0.3) is 0 Å². The van der Waals surface area contributed by atoms with Crippen molar-refractivity contribution in [1.82, 2.24) is 4.90 Å². The molecule has 1 atom stereocenters. The van der Waals surface area contributed by atoms with E-state index in [1.165, 1.54) is 32.2 Å². The Morgan fingerprint density at radius 1 is 1.29 bits per heavy atom. The van der Waals surface area contributed by atoms with Crippen molar-refractivity contribution in [2.45, 2.75) is 44.6 Å². The maximum absolute atomic E-state index is 7.45. The van der Waals surface area contributed by atoms with Crippen molar-refractivity contribution in [3.05, 3.63) is 0 Å². The number of ether oxygens (including phenoxy) is 1. The van der Waals surface area contributed by atoms with E-state index >= 15 is 0 Å². The molecule has 98 valence electrons. The highest BCUT2D eigenvalue weighted by molar-refractivity contribution is 5.79. The quantitative estimate of drug-likeness (QED) is 0.566. The van der Waals surface area contributed by atoms with Crippen molar-refractivity contribution in [3.63, 3.8) is 0 Å². The van der Waals surface area contributed by atoms with E-state index in [-0.39, 0.29) is 0 Å². The second-order valence-corrected chi connectivity index (χ2v) is 5.35. The van der Waals surface area contributed by atoms with Gasteiger partial charge in [-0.1, -0.05) is 0 Å². The average Bonchev–Trinajstić information content (AvgIpc) is 2.83. The molecular formula is C13H25N3O. The van der Waals surface area contributed by atoms with Gasteiger partial charge >= 0.3 is 0 Å². The second-order valence-electron chi connectivity index (χ2n) is 5.35. The van der Waals surface area contributed by atoms with Crippen molar-refractivity contribution >= 4 is 5.84 Å². The summed E-state index contributed by atoms with van der Waals surface area (Å²) in [5, 5.41) is 7.45. The minimum atomic E-state index is 0.337. The van der Waals surface area contributed by atoms with Crippen LogP contribution in [-0.2, 0) is 4.74 Å². The Labute approximate surface area is 104 Å². The predicted molar refractivity (Wildman–Crippen MR) is 69.3 cm³/mol. The molecule has 2 rings (SSSR count). The first-order chi connectivity index (χ1) is 8.25. The van der Waals surface area contributed by atoms with Gasteiger partial charge in [-0.05, 0) is 58.2 Å². The molecule has 2 aliphatic heterocycles. The monoisotopic (exact) mass is 239 g/mol. The summed E-state index contributed by atoms with van der Waals surface area (Å²) in [6.07, 6.45) is 7.62. The smallest absolute Gasteiger partial charge is 0.0937 e. The number of nitrogens with zero attached hydrogens (tertiary/aromatic N) is 1. The zero-order valence-corrected chi connectivity index (χ0v) is 10.7. The molecule has 0 aromatic heterocycles. The summed E-state index contributed by atoms with van der Waals surface area (Å²) in [7, 11) is 0. The average molecular weight is 239 g/mol. The molecule has 17 heavy (non-hydrogen) atoms. The van der Waals surface area contributed by atoms with E-state index in [1.54, 1.807) is 0 Å². The van der Waals surface area contributed by atoms with Gasteiger partial charge in [-0.25, -0.2) is 0 Å². The summed E-state index contributed by atoms with van der Waals surface area (Å²) in [5.74, 6) is 0.716. The summed E-state index contributed by atoms with van der Waals surface area (Å²) < 4.78 is 5.63. The molecule has 0 radical (unpaired) electrons. The number of hydrogen-bond donors (Lipinski definition) is 2. The fourth-order valence-electron chi connectivity index (χ4n) is 2.88. The van der Waals surface area contributed by atoms with Crippen molar-refractivity contribution < 1.29 is 4.74 Å². The molecule has 2 saturated heterocycles. The van der Waals surface area contributed by atoms with Crippen molar-refractivity contribution in [1.29, 1.82) is 5.41 Å². The maximum Gasteiger partial charge on any atom is 0.0937 e. The van der Waals surface area contributed by atoms with Crippen molar-refractivity contribution in [2.75, 3.05) is 26.2 Å². The standard InChI is InChI=1S/C13H25N3O/c14-13(15)11-5-8-16(9-6-11)7-1-3-12-4-2-10-17-12/h11-12H,1-10H2,(H3,14,15). The molecule has 0 saturated carbocycles. The normalized spacial score (nSPS) is 27.4. The summed E-state index contributed by atoms with van der Waals surface area (Å²) in [5.41, 5.74) is 5.54. The van der Waals surface area contributed by atoms with Crippen LogP contribution in [0.1, 0.15) is 38.5 Å². The lowest BCUT2D eigenvalue weighted by Gasteiger charge is -2.31. The first-order valence-electron chi connectivity index (χ1n) is 6.93. The van der Waals surface area contributed by atoms with E-state index in [0.29, 0.717) is 17.9 Å². The first-order valence-corrected chi connectivity index (χ1v) is 6.93. The number of rotatable bonds is 5. The highest BCUT2D eigenvalue weighted by Gasteiger charge is 2.21. The Morgan fingerprint density at radius 3 is 2.65 bits per heavy atom. The third-order valence-electron chi connectivity index (χ3n) is 4.05. The second kappa shape index (κ2) is 6.36. The number of piperidine rings is 1. The Bertz CT molecular complexity index is 243. The van der Waals surface area contributed by atoms with E-state index in [2.05, 4.69) is 4.90 Å². The Balaban J connectivity index is 1.56. The van der Waals surface area contributed by atoms with E-state index < -0.39 is 0 Å². The van der Waals surface area contributed by atoms with Crippen LogP contribution < -0.4 is 5.73 Å². The van der Waals surface area contributed by atoms with Crippen LogP contribution in [0.25, 0.3) is 0 Å². The van der Waals surface area contributed by atoms with Crippen molar-refractivity contribution in [3.8, 4) is 0 Å². The minimum Gasteiger partial charge on any atom is -0.387 e. The van der Waals surface area contributed by atoms with Crippen molar-refractivity contribution in [2.24, 2.45) is 11.7 Å². The zero-order valence-electron chi connectivity index (χ0n) is 10.7. The third-order valence-corrected chi connectivity index (χ3v) is 4.05. The van der Waals surface area contributed by atoms with Gasteiger partial charge in [0.15, 0.2) is 0 Å². The molecule has 1 unspecified atom stereocenters. The van der Waals surface area contributed by atoms with Gasteiger partial charge in [-0.3, -0.25) is 5.41 Å². The molecule has 2 fully saturated rings. The number of likely N-dealkylation sites (tertiary alicyclic amines) is 1. The molecule has 0 amide bonds. The number of amidine groups is 1. The number of hydrogen-bond acceptors (Lipinski definition) is 3. The fourth-order valence-corrected chi connectivity index (χ4v) is 2.88. The van der Waals surface area contributed by atoms with Crippen LogP contribution in [0.4, 0.5) is 0 Å². The molecule has 0 bridgehead atoms. The minimum absolute atomic E-state index is 0.337. The number of nitrogens with one attached hydrogen (secondary N) is 1. The maximum atomic E-state index is 7.45. The lowest BCUT2D eigenvalue weighted by atomic mass is 9.95. The molecule has 2 heterocycles. The topological polar surface area (TPSA) is 62.3 Å². The summed E-state index contributed by atoms with van der Waals surface area (Å²) in [4.78, 5) is 2.51. The fraction of sp³-hybridized carbons (Fsp3) is 0.923. The highest BCUT2D eigenvalue weighted by Crippen LogP contribution is 2.19. The van der Waals surface area contributed by atoms with Gasteiger partial charge in [0.2, 0.25) is 0 Å². The third kappa shape index (κ3) is 3.96. The van der Waals surface area contributed by atoms with E-state index in [4.69, 9.17) is 15.9 Å². The van der Waals surface area contributed by atoms with Gasteiger partial charge in [0, 0.05) is 12.5 Å². The van der Waals surface area contributed by atoms with E-state index in [9.17, 15) is 0 Å². The van der Waals surface area contributed by atoms with Crippen LogP contribution in [0.15, 0.2) is 0 Å². The van der Waals surface area contributed by atoms with Crippen LogP contribution in [-0.4, -0.2) is 43.1 Å². The van der Waals surface area contributed by atoms with E-state index in [0.717, 1.165) is 32.5 Å². The number of nitrogens with two attached hydrogens (primary N) is 1. The molecule has 2 aliphatic rings. The molecule has 0 aromatic rings. The predicted octanol–water partition coefficient (Wildman–Crippen LogP) is 1.59. The molecule has 0 spiro atoms. The summed E-state index contributed by atoms with van der Waals surface area (Å²) in [6, 6.07) is 0. The first kappa shape index (κ1) is 12.8. The Hall–Kier alpha value is -0.610. The molecule has 4 heteroatoms. The molecular weight excluding hydrogens is 214 g/mol. The van der Waals surface area contributed by atoms with Crippen LogP contribution >= 0.6 is 0 Å². The molecule has 4 nitrogen and oxygen atoms in total. The highest BCUT2D eigenvalue weighted by atomic mass is 16.5.